The van der Waals surface area contributed by atoms with Crippen LogP contribution in [-0.4, -0.2) is 35.9 Å². The molecule has 2 aromatic heterocycles. The van der Waals surface area contributed by atoms with E-state index in [1.807, 2.05) is 0 Å². The molecular formula is C16H24F2N6. The van der Waals surface area contributed by atoms with Crippen molar-refractivity contribution in [3.05, 3.63) is 12.2 Å². The summed E-state index contributed by atoms with van der Waals surface area (Å²) < 4.78 is 29.8. The Morgan fingerprint density at radius 3 is 2.83 bits per heavy atom. The lowest BCUT2D eigenvalue weighted by atomic mass is 9.99. The van der Waals surface area contributed by atoms with Gasteiger partial charge in [0.25, 0.3) is 5.92 Å². The average molecular weight is 338 g/mol. The Morgan fingerprint density at radius 2 is 2.25 bits per heavy atom. The van der Waals surface area contributed by atoms with E-state index in [0.29, 0.717) is 24.5 Å². The third-order valence-electron chi connectivity index (χ3n) is 4.88. The first-order valence-electron chi connectivity index (χ1n) is 8.73. The zero-order chi connectivity index (χ0) is 17.2. The molecule has 2 aromatic rings. The number of halogens is 2. The average Bonchev–Trinajstić information content (AvgIpc) is 3.26. The van der Waals surface area contributed by atoms with E-state index in [-0.39, 0.29) is 18.9 Å². The van der Waals surface area contributed by atoms with E-state index in [4.69, 9.17) is 0 Å². The molecule has 1 fully saturated rings. The fourth-order valence-electron chi connectivity index (χ4n) is 3.50. The third kappa shape index (κ3) is 3.32. The molecule has 0 saturated heterocycles. The van der Waals surface area contributed by atoms with Gasteiger partial charge in [0.2, 0.25) is 5.82 Å². The monoisotopic (exact) mass is 338 g/mol. The van der Waals surface area contributed by atoms with Crippen LogP contribution in [0, 0.1) is 5.92 Å². The molecule has 2 unspecified atom stereocenters. The van der Waals surface area contributed by atoms with Crippen LogP contribution in [0.15, 0.2) is 6.33 Å². The zero-order valence-corrected chi connectivity index (χ0v) is 14.2. The smallest absolute Gasteiger partial charge is 0.252 e. The van der Waals surface area contributed by atoms with E-state index in [2.05, 4.69) is 39.1 Å². The normalized spacial score (nSPS) is 21.2. The maximum Gasteiger partial charge on any atom is 0.252 e. The molecule has 0 bridgehead atoms. The highest BCUT2D eigenvalue weighted by Gasteiger charge is 2.44. The Balaban J connectivity index is 1.93. The van der Waals surface area contributed by atoms with Crippen LogP contribution in [0.25, 0.3) is 11.6 Å². The van der Waals surface area contributed by atoms with Crippen molar-refractivity contribution in [2.75, 3.05) is 0 Å². The third-order valence-corrected chi connectivity index (χ3v) is 4.88. The number of hydrogen-bond acceptors (Lipinski definition) is 4. The second-order valence-corrected chi connectivity index (χ2v) is 6.55. The summed E-state index contributed by atoms with van der Waals surface area (Å²) in [5.41, 5.74) is 0. The van der Waals surface area contributed by atoms with E-state index in [1.165, 1.54) is 6.33 Å². The van der Waals surface area contributed by atoms with Crippen LogP contribution in [0.4, 0.5) is 8.78 Å². The van der Waals surface area contributed by atoms with Gasteiger partial charge in [-0.1, -0.05) is 20.3 Å². The predicted octanol–water partition coefficient (Wildman–Crippen LogP) is 3.79. The molecule has 0 spiro atoms. The standard InChI is InChI=1S/C16H24F2N6/c1-3-6-11(4-2)15-21-14(13-19-10-20-22-13)23-24(15)9-12-7-5-8-16(12,17)18/h10-12H,3-9H2,1-2H3,(H,19,20,22). The lowest BCUT2D eigenvalue weighted by Crippen LogP contribution is -2.27. The van der Waals surface area contributed by atoms with E-state index in [1.54, 1.807) is 4.68 Å². The van der Waals surface area contributed by atoms with Crippen LogP contribution in [0.1, 0.15) is 64.1 Å². The second kappa shape index (κ2) is 6.94. The number of nitrogens with one attached hydrogen (secondary N) is 1. The number of aromatic amines is 1. The molecule has 0 amide bonds. The van der Waals surface area contributed by atoms with Crippen molar-refractivity contribution >= 4 is 0 Å². The zero-order valence-electron chi connectivity index (χ0n) is 14.2. The highest BCUT2D eigenvalue weighted by Crippen LogP contribution is 2.41. The topological polar surface area (TPSA) is 72.3 Å². The minimum absolute atomic E-state index is 0.0250. The Bertz CT molecular complexity index is 652. The van der Waals surface area contributed by atoms with Crippen LogP contribution in [0.3, 0.4) is 0 Å². The van der Waals surface area contributed by atoms with Crippen LogP contribution < -0.4 is 0 Å². The molecule has 1 aliphatic rings. The number of H-pyrrole nitrogens is 1. The highest BCUT2D eigenvalue weighted by atomic mass is 19.3. The molecule has 0 aliphatic heterocycles. The van der Waals surface area contributed by atoms with E-state index in [0.717, 1.165) is 25.1 Å². The molecule has 2 atom stereocenters. The minimum Gasteiger partial charge on any atom is -0.257 e. The lowest BCUT2D eigenvalue weighted by Gasteiger charge is -2.21. The van der Waals surface area contributed by atoms with Crippen molar-refractivity contribution < 1.29 is 8.78 Å². The Kier molecular flexibility index (Phi) is 4.91. The van der Waals surface area contributed by atoms with Gasteiger partial charge < -0.3 is 0 Å². The molecule has 0 aromatic carbocycles. The molecule has 1 aliphatic carbocycles. The maximum absolute atomic E-state index is 14.0. The van der Waals surface area contributed by atoms with E-state index in [9.17, 15) is 8.78 Å². The van der Waals surface area contributed by atoms with Crippen molar-refractivity contribution in [3.63, 3.8) is 0 Å². The van der Waals surface area contributed by atoms with Gasteiger partial charge in [-0.25, -0.2) is 23.4 Å². The van der Waals surface area contributed by atoms with Gasteiger partial charge in [-0.2, -0.15) is 5.10 Å². The Hall–Kier alpha value is -1.86. The van der Waals surface area contributed by atoms with Gasteiger partial charge in [0.1, 0.15) is 12.2 Å². The van der Waals surface area contributed by atoms with Crippen molar-refractivity contribution in [2.45, 2.75) is 70.8 Å². The van der Waals surface area contributed by atoms with Gasteiger partial charge in [0.15, 0.2) is 5.82 Å². The van der Waals surface area contributed by atoms with E-state index >= 15 is 0 Å². The SMILES string of the molecule is CCCC(CC)c1nc(-c2ncn[nH]2)nn1CC1CCCC1(F)F. The Morgan fingerprint density at radius 1 is 1.42 bits per heavy atom. The summed E-state index contributed by atoms with van der Waals surface area (Å²) in [7, 11) is 0. The lowest BCUT2D eigenvalue weighted by molar-refractivity contribution is -0.0436. The first-order chi connectivity index (χ1) is 11.5. The number of aromatic nitrogens is 6. The van der Waals surface area contributed by atoms with Crippen molar-refractivity contribution in [1.29, 1.82) is 0 Å². The van der Waals surface area contributed by atoms with Crippen LogP contribution in [0.2, 0.25) is 0 Å². The number of alkyl halides is 2. The van der Waals surface area contributed by atoms with Crippen LogP contribution in [0.5, 0.6) is 0 Å². The number of rotatable bonds is 7. The molecule has 8 heteroatoms. The molecule has 132 valence electrons. The summed E-state index contributed by atoms with van der Waals surface area (Å²) >= 11 is 0. The fourth-order valence-corrected chi connectivity index (χ4v) is 3.50. The van der Waals surface area contributed by atoms with Crippen molar-refractivity contribution in [1.82, 2.24) is 29.9 Å². The highest BCUT2D eigenvalue weighted by molar-refractivity contribution is 5.40. The number of hydrogen-bond donors (Lipinski definition) is 1. The van der Waals surface area contributed by atoms with E-state index < -0.39 is 11.8 Å². The first-order valence-corrected chi connectivity index (χ1v) is 8.73. The predicted molar refractivity (Wildman–Crippen MR) is 85.6 cm³/mol. The van der Waals surface area contributed by atoms with Gasteiger partial charge in [-0.05, 0) is 25.7 Å². The molecule has 0 radical (unpaired) electrons. The Labute approximate surface area is 140 Å². The van der Waals surface area contributed by atoms with Gasteiger partial charge in [0.05, 0.1) is 6.54 Å². The quantitative estimate of drug-likeness (QED) is 0.833. The van der Waals surface area contributed by atoms with Crippen LogP contribution >= 0.6 is 0 Å². The summed E-state index contributed by atoms with van der Waals surface area (Å²) in [5.74, 6) is -1.37. The van der Waals surface area contributed by atoms with Gasteiger partial charge in [-0.3, -0.25) is 5.10 Å². The minimum atomic E-state index is -2.61. The maximum atomic E-state index is 14.0. The molecule has 24 heavy (non-hydrogen) atoms. The van der Waals surface area contributed by atoms with Gasteiger partial charge in [0, 0.05) is 18.3 Å². The molecule has 1 N–H and O–H groups in total. The largest absolute Gasteiger partial charge is 0.257 e. The summed E-state index contributed by atoms with van der Waals surface area (Å²) in [5, 5.41) is 11.0. The van der Waals surface area contributed by atoms with Crippen LogP contribution in [-0.2, 0) is 6.54 Å². The summed E-state index contributed by atoms with van der Waals surface area (Å²) in [6.07, 6.45) is 5.36. The molecule has 3 rings (SSSR count). The van der Waals surface area contributed by atoms with Crippen molar-refractivity contribution in [3.8, 4) is 11.6 Å². The van der Waals surface area contributed by atoms with Crippen molar-refractivity contribution in [2.24, 2.45) is 5.92 Å². The molecule has 6 nitrogen and oxygen atoms in total. The number of nitrogens with zero attached hydrogens (tertiary/aromatic N) is 5. The summed E-state index contributed by atoms with van der Waals surface area (Å²) in [6.45, 7) is 4.42. The second-order valence-electron chi connectivity index (χ2n) is 6.55. The van der Waals surface area contributed by atoms with Gasteiger partial charge in [-0.15, -0.1) is 5.10 Å². The first kappa shape index (κ1) is 17.0. The fraction of sp³-hybridized carbons (Fsp3) is 0.750. The molecule has 1 saturated carbocycles. The molecular weight excluding hydrogens is 314 g/mol. The van der Waals surface area contributed by atoms with Gasteiger partial charge >= 0.3 is 0 Å². The molecule has 2 heterocycles. The summed E-state index contributed by atoms with van der Waals surface area (Å²) in [4.78, 5) is 8.68. The summed E-state index contributed by atoms with van der Waals surface area (Å²) in [6, 6.07) is 0.